The SMILES string of the molecule is CC(C)(C)c1ccc(N2c3cc(N4c5ccccc5C(C)(C)c5ccccc54)cc4c3B(c3cc5c(cc3N4c3ccc4c(c3)C(C)(C)CCC4(C)C)C(C)(C)CCC5(C)C)c3c2oc2ccc(C(C)(C)C)cc32)cc1. The number of para-hydroxylation sites is 2. The van der Waals surface area contributed by atoms with Crippen molar-refractivity contribution in [1.29, 1.82) is 0 Å². The van der Waals surface area contributed by atoms with Gasteiger partial charge in [-0.1, -0.05) is 178 Å². The van der Waals surface area contributed by atoms with Gasteiger partial charge in [0.05, 0.1) is 17.1 Å². The highest BCUT2D eigenvalue weighted by atomic mass is 16.4. The van der Waals surface area contributed by atoms with Crippen LogP contribution in [0.1, 0.15) is 181 Å². The van der Waals surface area contributed by atoms with Crippen molar-refractivity contribution in [2.45, 2.75) is 174 Å². The van der Waals surface area contributed by atoms with Crippen LogP contribution in [0.25, 0.3) is 11.0 Å². The Kier molecular flexibility index (Phi) is 10.2. The smallest absolute Gasteiger partial charge is 0.257 e. The van der Waals surface area contributed by atoms with Gasteiger partial charge in [0.1, 0.15) is 5.58 Å². The highest BCUT2D eigenvalue weighted by Gasteiger charge is 2.50. The van der Waals surface area contributed by atoms with Crippen molar-refractivity contribution < 1.29 is 4.42 Å². The molecule has 8 aromatic rings. The Hall–Kier alpha value is -6.46. The van der Waals surface area contributed by atoms with Crippen LogP contribution in [-0.4, -0.2) is 6.71 Å². The van der Waals surface area contributed by atoms with Crippen molar-refractivity contribution in [3.05, 3.63) is 178 Å². The standard InChI is InChI=1S/C71H78BN3O/c1-65(2,3)43-25-28-45(29-26-43)75-60-40-47(74-56-23-19-17-21-50(56)71(15,16)51-22-18-20-24-57(51)74)39-59-63(60)72(62-48-37-44(66(4,5)6)27-32-61(48)76-64(62)75)55-41-53-54(70(13,14)36-35-69(53,11)12)42-58(55)73(59)46-30-31-49-52(38-46)68(9,10)34-33-67(49,7)8/h17-32,37-42H,33-36H2,1-16H3. The summed E-state index contributed by atoms with van der Waals surface area (Å²) in [7, 11) is 0. The number of nitrogens with zero attached hydrogens (tertiary/aromatic N) is 3. The maximum atomic E-state index is 7.52. The van der Waals surface area contributed by atoms with Crippen LogP contribution >= 0.6 is 0 Å². The number of hydrogen-bond acceptors (Lipinski definition) is 4. The quantitative estimate of drug-likeness (QED) is 0.165. The molecule has 76 heavy (non-hydrogen) atoms. The molecule has 3 aliphatic heterocycles. The van der Waals surface area contributed by atoms with Crippen molar-refractivity contribution in [1.82, 2.24) is 0 Å². The van der Waals surface area contributed by atoms with Gasteiger partial charge in [-0.15, -0.1) is 0 Å². The molecule has 0 radical (unpaired) electrons. The van der Waals surface area contributed by atoms with Gasteiger partial charge < -0.3 is 14.2 Å². The van der Waals surface area contributed by atoms with Gasteiger partial charge in [-0.3, -0.25) is 4.90 Å². The Morgan fingerprint density at radius 3 is 1.46 bits per heavy atom. The Balaban J connectivity index is 1.21. The fourth-order valence-electron chi connectivity index (χ4n) is 14.5. The number of anilines is 9. The number of hydrogen-bond donors (Lipinski definition) is 0. The van der Waals surface area contributed by atoms with E-state index < -0.39 is 0 Å². The Bertz CT molecular complexity index is 3690. The summed E-state index contributed by atoms with van der Waals surface area (Å²) in [6.45, 7) is 38.4. The van der Waals surface area contributed by atoms with Gasteiger partial charge >= 0.3 is 0 Å². The molecule has 0 spiro atoms. The number of furan rings is 1. The van der Waals surface area contributed by atoms with Crippen LogP contribution in [0.5, 0.6) is 0 Å². The normalized spacial score (nSPS) is 19.0. The maximum Gasteiger partial charge on any atom is 0.257 e. The molecule has 0 bridgehead atoms. The van der Waals surface area contributed by atoms with Gasteiger partial charge in [-0.05, 0) is 180 Å². The van der Waals surface area contributed by atoms with Crippen LogP contribution in [0.15, 0.2) is 138 Å². The summed E-state index contributed by atoms with van der Waals surface area (Å²) < 4.78 is 7.52. The van der Waals surface area contributed by atoms with E-state index in [-0.39, 0.29) is 44.6 Å². The Labute approximate surface area is 454 Å². The van der Waals surface area contributed by atoms with Crippen LogP contribution in [0.2, 0.25) is 0 Å². The summed E-state index contributed by atoms with van der Waals surface area (Å²) in [6.07, 6.45) is 4.61. The second kappa shape index (κ2) is 15.8. The molecule has 13 rings (SSSR count). The zero-order valence-corrected chi connectivity index (χ0v) is 48.4. The first kappa shape index (κ1) is 49.1. The van der Waals surface area contributed by atoms with E-state index in [1.165, 1.54) is 101 Å². The summed E-state index contributed by atoms with van der Waals surface area (Å²) in [4.78, 5) is 7.78. The topological polar surface area (TPSA) is 22.9 Å². The number of fused-ring (bicyclic) bond motifs is 10. The van der Waals surface area contributed by atoms with Crippen molar-refractivity contribution in [3.63, 3.8) is 0 Å². The van der Waals surface area contributed by atoms with Gasteiger partial charge in [0.25, 0.3) is 6.71 Å². The Morgan fingerprint density at radius 1 is 0.395 bits per heavy atom. The van der Waals surface area contributed by atoms with Crippen molar-refractivity contribution >= 4 is 85.5 Å². The molecule has 0 saturated carbocycles. The largest absolute Gasteiger partial charge is 0.440 e. The summed E-state index contributed by atoms with van der Waals surface area (Å²) in [5.74, 6) is 0.903. The van der Waals surface area contributed by atoms with E-state index in [0.29, 0.717) is 0 Å². The first-order chi connectivity index (χ1) is 35.7. The molecule has 7 aromatic carbocycles. The summed E-state index contributed by atoms with van der Waals surface area (Å²) in [6, 6.07) is 52.6. The third-order valence-electron chi connectivity index (χ3n) is 19.5. The molecule has 386 valence electrons. The molecule has 5 heteroatoms. The van der Waals surface area contributed by atoms with Gasteiger partial charge in [-0.2, -0.15) is 0 Å². The van der Waals surface area contributed by atoms with Crippen molar-refractivity contribution in [3.8, 4) is 0 Å². The van der Waals surface area contributed by atoms with Crippen LogP contribution in [0.4, 0.5) is 51.4 Å². The highest BCUT2D eigenvalue weighted by Crippen LogP contribution is 2.57. The van der Waals surface area contributed by atoms with E-state index >= 15 is 0 Å². The first-order valence-electron chi connectivity index (χ1n) is 28.5. The highest BCUT2D eigenvalue weighted by molar-refractivity contribution is 7.01. The Morgan fingerprint density at radius 2 is 0.882 bits per heavy atom. The lowest BCUT2D eigenvalue weighted by Gasteiger charge is -2.48. The van der Waals surface area contributed by atoms with E-state index in [4.69, 9.17) is 4.42 Å². The predicted octanol–water partition coefficient (Wildman–Crippen LogP) is 17.9. The van der Waals surface area contributed by atoms with E-state index in [0.717, 1.165) is 47.8 Å². The third-order valence-corrected chi connectivity index (χ3v) is 19.5. The van der Waals surface area contributed by atoms with E-state index in [1.807, 2.05) is 0 Å². The maximum absolute atomic E-state index is 7.52. The monoisotopic (exact) mass is 1000 g/mol. The summed E-state index contributed by atoms with van der Waals surface area (Å²) in [5.41, 5.74) is 25.3. The molecule has 0 fully saturated rings. The summed E-state index contributed by atoms with van der Waals surface area (Å²) in [5, 5.41) is 1.19. The molecule has 0 N–H and O–H groups in total. The molecule has 0 unspecified atom stereocenters. The fourth-order valence-corrected chi connectivity index (χ4v) is 14.5. The van der Waals surface area contributed by atoms with E-state index in [1.54, 1.807) is 0 Å². The van der Waals surface area contributed by atoms with Crippen molar-refractivity contribution in [2.24, 2.45) is 0 Å². The second-order valence-electron chi connectivity index (χ2n) is 28.8. The molecular formula is C71H78BN3O. The molecule has 0 atom stereocenters. The number of benzene rings is 7. The zero-order valence-electron chi connectivity index (χ0n) is 48.4. The number of rotatable bonds is 3. The minimum Gasteiger partial charge on any atom is -0.440 e. The molecule has 5 aliphatic rings. The molecule has 4 nitrogen and oxygen atoms in total. The first-order valence-corrected chi connectivity index (χ1v) is 28.5. The summed E-state index contributed by atoms with van der Waals surface area (Å²) >= 11 is 0. The van der Waals surface area contributed by atoms with Crippen molar-refractivity contribution in [2.75, 3.05) is 14.7 Å². The van der Waals surface area contributed by atoms with Gasteiger partial charge in [-0.25, -0.2) is 0 Å². The fraction of sp³-hybridized carbons (Fsp3) is 0.380. The van der Waals surface area contributed by atoms with Gasteiger partial charge in [0, 0.05) is 44.7 Å². The lowest BCUT2D eigenvalue weighted by molar-refractivity contribution is 0.332. The molecule has 0 amide bonds. The van der Waals surface area contributed by atoms with Crippen LogP contribution in [0, 0.1) is 0 Å². The van der Waals surface area contributed by atoms with Gasteiger partial charge in [0.2, 0.25) is 5.88 Å². The molecule has 2 aliphatic carbocycles. The lowest BCUT2D eigenvalue weighted by Crippen LogP contribution is -2.61. The predicted molar refractivity (Wildman–Crippen MR) is 325 cm³/mol. The van der Waals surface area contributed by atoms with E-state index in [9.17, 15) is 0 Å². The molecule has 4 heterocycles. The lowest BCUT2D eigenvalue weighted by atomic mass is 9.33. The minimum absolute atomic E-state index is 0.00186. The minimum atomic E-state index is -0.207. The molecular weight excluding hydrogens is 922 g/mol. The zero-order chi connectivity index (χ0) is 53.6. The molecule has 1 aromatic heterocycles. The van der Waals surface area contributed by atoms with Crippen LogP contribution < -0.4 is 31.1 Å². The van der Waals surface area contributed by atoms with Crippen LogP contribution in [0.3, 0.4) is 0 Å². The van der Waals surface area contributed by atoms with Gasteiger partial charge in [0.15, 0.2) is 0 Å². The average molecular weight is 1000 g/mol. The van der Waals surface area contributed by atoms with E-state index in [2.05, 4.69) is 259 Å². The molecule has 0 saturated heterocycles. The van der Waals surface area contributed by atoms with Crippen LogP contribution in [-0.2, 0) is 37.9 Å². The third kappa shape index (κ3) is 7.08. The second-order valence-corrected chi connectivity index (χ2v) is 28.8. The average Bonchev–Trinajstić information content (AvgIpc) is 3.85.